The number of ether oxygens (including phenoxy) is 4. The van der Waals surface area contributed by atoms with Gasteiger partial charge in [-0.2, -0.15) is 0 Å². The minimum Gasteiger partial charge on any atom is -0.459 e. The van der Waals surface area contributed by atoms with Crippen LogP contribution >= 0.6 is 63.7 Å². The molecule has 4 atom stereocenters. The number of esters is 2. The van der Waals surface area contributed by atoms with Gasteiger partial charge in [0.05, 0.1) is 23.3 Å². The lowest BCUT2D eigenvalue weighted by Gasteiger charge is -2.23. The number of benzene rings is 1. The maximum atomic E-state index is 13.1. The van der Waals surface area contributed by atoms with Crippen LogP contribution in [0.15, 0.2) is 17.9 Å². The van der Waals surface area contributed by atoms with Crippen LogP contribution in [0.3, 0.4) is 0 Å². The highest BCUT2D eigenvalue weighted by molar-refractivity contribution is 9.15. The fourth-order valence-electron chi connectivity index (χ4n) is 3.15. The van der Waals surface area contributed by atoms with Gasteiger partial charge in [-0.3, -0.25) is 0 Å². The molecule has 14 heteroatoms. The molecule has 1 aromatic rings. The number of aliphatic hydroxyl groups excluding tert-OH is 4. The van der Waals surface area contributed by atoms with Gasteiger partial charge in [-0.25, -0.2) is 9.59 Å². The largest absolute Gasteiger partial charge is 0.459 e. The van der Waals surface area contributed by atoms with E-state index >= 15 is 0 Å². The van der Waals surface area contributed by atoms with Crippen LogP contribution in [-0.2, 0) is 18.9 Å². The quantitative estimate of drug-likeness (QED) is 0.112. The summed E-state index contributed by atoms with van der Waals surface area (Å²) in [6, 6.07) is 0. The molecular weight excluding hydrogens is 744 g/mol. The summed E-state index contributed by atoms with van der Waals surface area (Å²) >= 11 is 13.2. The van der Waals surface area contributed by atoms with E-state index < -0.39 is 49.6 Å². The summed E-state index contributed by atoms with van der Waals surface area (Å²) < 4.78 is 22.5. The fourth-order valence-corrected chi connectivity index (χ4v) is 5.59. The molecule has 36 heavy (non-hydrogen) atoms. The SMILES string of the molecule is CCOC(CCO)C(O)COC(=O)c1c(Br)c(Br)c(Br)c(Br)c1C(=O)OCC(O)C(CCO)OCC. The second-order valence-corrected chi connectivity index (χ2v) is 10.5. The molecule has 1 aromatic carbocycles. The zero-order valence-corrected chi connectivity index (χ0v) is 26.1. The first-order valence-electron chi connectivity index (χ1n) is 11.1. The number of halogens is 4. The van der Waals surface area contributed by atoms with E-state index in [1.54, 1.807) is 13.8 Å². The topological polar surface area (TPSA) is 152 Å². The Labute approximate surface area is 243 Å². The first-order valence-corrected chi connectivity index (χ1v) is 14.2. The van der Waals surface area contributed by atoms with Crippen molar-refractivity contribution in [1.29, 1.82) is 0 Å². The number of hydrogen-bond acceptors (Lipinski definition) is 10. The smallest absolute Gasteiger partial charge is 0.340 e. The zero-order chi connectivity index (χ0) is 27.4. The molecule has 0 saturated heterocycles. The van der Waals surface area contributed by atoms with Gasteiger partial charge in [-0.1, -0.05) is 0 Å². The molecule has 0 bridgehead atoms. The highest BCUT2D eigenvalue weighted by Crippen LogP contribution is 2.42. The van der Waals surface area contributed by atoms with E-state index in [-0.39, 0.29) is 59.3 Å². The van der Waals surface area contributed by atoms with Crippen molar-refractivity contribution in [3.05, 3.63) is 29.0 Å². The Hall–Kier alpha value is -0.160. The predicted octanol–water partition coefficient (Wildman–Crippen LogP) is 3.35. The Morgan fingerprint density at radius 2 is 1.03 bits per heavy atom. The van der Waals surface area contributed by atoms with E-state index in [9.17, 15) is 19.8 Å². The van der Waals surface area contributed by atoms with Gasteiger partial charge in [0.25, 0.3) is 0 Å². The van der Waals surface area contributed by atoms with Crippen LogP contribution in [0.1, 0.15) is 47.4 Å². The summed E-state index contributed by atoms with van der Waals surface area (Å²) in [5.41, 5.74) is -0.369. The molecule has 0 saturated carbocycles. The molecule has 206 valence electrons. The van der Waals surface area contributed by atoms with Crippen molar-refractivity contribution >= 4 is 75.7 Å². The highest BCUT2D eigenvalue weighted by atomic mass is 79.9. The monoisotopic (exact) mass is 770 g/mol. The Balaban J connectivity index is 3.17. The fraction of sp³-hybridized carbons (Fsp3) is 0.636. The van der Waals surface area contributed by atoms with E-state index in [4.69, 9.17) is 29.2 Å². The summed E-state index contributed by atoms with van der Waals surface area (Å²) in [5, 5.41) is 39.0. The van der Waals surface area contributed by atoms with E-state index in [2.05, 4.69) is 63.7 Å². The maximum Gasteiger partial charge on any atom is 0.340 e. The summed E-state index contributed by atoms with van der Waals surface area (Å²) in [4.78, 5) is 26.1. The minimum absolute atomic E-state index is 0.143. The van der Waals surface area contributed by atoms with E-state index in [1.165, 1.54) is 0 Å². The molecule has 0 aliphatic carbocycles. The van der Waals surface area contributed by atoms with Gasteiger partial charge in [0.1, 0.15) is 25.4 Å². The first kappa shape index (κ1) is 33.9. The molecule has 0 fully saturated rings. The number of carbonyl (C=O) groups is 2. The Kier molecular flexibility index (Phi) is 16.4. The number of carbonyl (C=O) groups excluding carboxylic acids is 2. The lowest BCUT2D eigenvalue weighted by atomic mass is 10.1. The molecular formula is C22H30Br4O10. The molecule has 0 aliphatic rings. The third-order valence-electron chi connectivity index (χ3n) is 4.89. The lowest BCUT2D eigenvalue weighted by Crippen LogP contribution is -2.35. The average molecular weight is 774 g/mol. The van der Waals surface area contributed by atoms with Crippen molar-refractivity contribution in [3.63, 3.8) is 0 Å². The summed E-state index contributed by atoms with van der Waals surface area (Å²) in [6.45, 7) is 2.68. The second kappa shape index (κ2) is 17.4. The van der Waals surface area contributed by atoms with E-state index in [0.717, 1.165) is 0 Å². The molecule has 0 amide bonds. The van der Waals surface area contributed by atoms with Crippen molar-refractivity contribution in [2.24, 2.45) is 0 Å². The zero-order valence-electron chi connectivity index (χ0n) is 19.7. The molecule has 10 nitrogen and oxygen atoms in total. The molecule has 1 rings (SSSR count). The van der Waals surface area contributed by atoms with Crippen LogP contribution in [0.25, 0.3) is 0 Å². The average Bonchev–Trinajstić information content (AvgIpc) is 2.85. The Morgan fingerprint density at radius 1 is 0.694 bits per heavy atom. The molecule has 0 spiro atoms. The van der Waals surface area contributed by atoms with Crippen molar-refractivity contribution in [1.82, 2.24) is 0 Å². The van der Waals surface area contributed by atoms with Gasteiger partial charge in [-0.05, 0) is 90.4 Å². The van der Waals surface area contributed by atoms with Crippen molar-refractivity contribution in [2.45, 2.75) is 51.1 Å². The number of rotatable bonds is 16. The molecule has 4 unspecified atom stereocenters. The molecule has 4 N–H and O–H groups in total. The molecule has 0 heterocycles. The predicted molar refractivity (Wildman–Crippen MR) is 144 cm³/mol. The van der Waals surface area contributed by atoms with Gasteiger partial charge in [0.2, 0.25) is 0 Å². The van der Waals surface area contributed by atoms with Crippen molar-refractivity contribution in [3.8, 4) is 0 Å². The van der Waals surface area contributed by atoms with Crippen LogP contribution in [0.5, 0.6) is 0 Å². The normalized spacial score (nSPS) is 14.7. The van der Waals surface area contributed by atoms with E-state index in [0.29, 0.717) is 8.95 Å². The van der Waals surface area contributed by atoms with Crippen LogP contribution in [0, 0.1) is 0 Å². The third-order valence-corrected chi connectivity index (χ3v) is 9.66. The van der Waals surface area contributed by atoms with Crippen LogP contribution in [-0.4, -0.2) is 96.4 Å². The summed E-state index contributed by atoms with van der Waals surface area (Å²) in [5.74, 6) is -1.87. The molecule has 0 aromatic heterocycles. The molecule has 0 radical (unpaired) electrons. The Bertz CT molecular complexity index is 789. The van der Waals surface area contributed by atoms with Gasteiger partial charge in [-0.15, -0.1) is 0 Å². The highest BCUT2D eigenvalue weighted by Gasteiger charge is 2.32. The van der Waals surface area contributed by atoms with Crippen LogP contribution in [0.2, 0.25) is 0 Å². The van der Waals surface area contributed by atoms with Gasteiger partial charge in [0, 0.05) is 44.3 Å². The molecule has 0 aliphatic heterocycles. The lowest BCUT2D eigenvalue weighted by molar-refractivity contribution is -0.0680. The van der Waals surface area contributed by atoms with Crippen molar-refractivity contribution in [2.75, 3.05) is 39.6 Å². The minimum atomic E-state index is -1.21. The van der Waals surface area contributed by atoms with E-state index in [1.807, 2.05) is 0 Å². The van der Waals surface area contributed by atoms with Crippen molar-refractivity contribution < 1.29 is 49.0 Å². The summed E-state index contributed by atoms with van der Waals surface area (Å²) in [6.07, 6.45) is -3.63. The van der Waals surface area contributed by atoms with Crippen LogP contribution in [0.4, 0.5) is 0 Å². The first-order chi connectivity index (χ1) is 17.0. The third kappa shape index (κ3) is 9.54. The van der Waals surface area contributed by atoms with Crippen LogP contribution < -0.4 is 0 Å². The second-order valence-electron chi connectivity index (χ2n) is 7.35. The van der Waals surface area contributed by atoms with Gasteiger partial charge < -0.3 is 39.4 Å². The Morgan fingerprint density at radius 3 is 1.31 bits per heavy atom. The standard InChI is InChI=1S/C22H30Br4O10/c1-3-33-13(5-7-27)11(29)9-35-21(31)15-16(18(24)20(26)19(25)17(15)23)22(32)36-10-12(30)14(6-8-28)34-4-2/h11-14,27-30H,3-10H2,1-2H3. The maximum absolute atomic E-state index is 13.1. The van der Waals surface area contributed by atoms with Gasteiger partial charge >= 0.3 is 11.9 Å². The van der Waals surface area contributed by atoms with Gasteiger partial charge in [0.15, 0.2) is 0 Å². The number of hydrogen-bond donors (Lipinski definition) is 4. The number of aliphatic hydroxyl groups is 4. The summed E-state index contributed by atoms with van der Waals surface area (Å²) in [7, 11) is 0.